The lowest BCUT2D eigenvalue weighted by molar-refractivity contribution is -0.134. The van der Waals surface area contributed by atoms with Gasteiger partial charge in [-0.25, -0.2) is 0 Å². The van der Waals surface area contributed by atoms with Crippen LogP contribution in [0.25, 0.3) is 0 Å². The largest absolute Gasteiger partial charge is 0.484 e. The molecule has 0 aliphatic heterocycles. The number of likely N-dealkylation sites (N-methyl/N-ethyl adjacent to an activating group) is 1. The van der Waals surface area contributed by atoms with E-state index in [1.54, 1.807) is 41.3 Å². The smallest absolute Gasteiger partial charge is 0.260 e. The Kier molecular flexibility index (Phi) is 5.49. The number of hydrogen-bond donors (Lipinski definition) is 0. The first kappa shape index (κ1) is 17.2. The second-order valence-electron chi connectivity index (χ2n) is 6.45. The molecule has 0 atom stereocenters. The van der Waals surface area contributed by atoms with Gasteiger partial charge < -0.3 is 9.64 Å². The molecule has 1 saturated carbocycles. The summed E-state index contributed by atoms with van der Waals surface area (Å²) < 4.78 is 5.59. The van der Waals surface area contributed by atoms with Crippen LogP contribution in [0.2, 0.25) is 0 Å². The summed E-state index contributed by atoms with van der Waals surface area (Å²) in [5, 5.41) is 0. The molecule has 0 radical (unpaired) electrons. The molecular formula is C21H23NO3. The topological polar surface area (TPSA) is 46.6 Å². The standard InChI is InChI=1S/C21H23NO3/c1-22(18-9-5-6-10-18)20(23)15-25-19-13-11-17(12-14-19)21(24)16-7-3-2-4-8-16/h2-4,7-8,11-14,18H,5-6,9-10,15H2,1H3. The molecule has 1 fully saturated rings. The van der Waals surface area contributed by atoms with Crippen LogP contribution in [0, 0.1) is 0 Å². The summed E-state index contributed by atoms with van der Waals surface area (Å²) in [6, 6.07) is 16.4. The van der Waals surface area contributed by atoms with E-state index < -0.39 is 0 Å². The number of amides is 1. The van der Waals surface area contributed by atoms with E-state index in [9.17, 15) is 9.59 Å². The zero-order chi connectivity index (χ0) is 17.6. The Morgan fingerprint density at radius 3 is 2.20 bits per heavy atom. The Balaban J connectivity index is 1.55. The van der Waals surface area contributed by atoms with Crippen molar-refractivity contribution in [1.29, 1.82) is 0 Å². The Hall–Kier alpha value is -2.62. The van der Waals surface area contributed by atoms with Crippen molar-refractivity contribution in [3.8, 4) is 5.75 Å². The monoisotopic (exact) mass is 337 g/mol. The first-order valence-corrected chi connectivity index (χ1v) is 8.73. The van der Waals surface area contributed by atoms with Gasteiger partial charge in [-0.2, -0.15) is 0 Å². The number of carbonyl (C=O) groups is 2. The number of nitrogens with zero attached hydrogens (tertiary/aromatic N) is 1. The van der Waals surface area contributed by atoms with Crippen LogP contribution in [0.1, 0.15) is 41.6 Å². The maximum absolute atomic E-state index is 12.4. The van der Waals surface area contributed by atoms with E-state index in [-0.39, 0.29) is 18.3 Å². The molecule has 3 rings (SSSR count). The summed E-state index contributed by atoms with van der Waals surface area (Å²) in [6.07, 6.45) is 4.55. The van der Waals surface area contributed by atoms with Gasteiger partial charge in [0.1, 0.15) is 5.75 Å². The van der Waals surface area contributed by atoms with Gasteiger partial charge in [0.2, 0.25) is 0 Å². The zero-order valence-corrected chi connectivity index (χ0v) is 14.5. The van der Waals surface area contributed by atoms with Crippen LogP contribution in [0.15, 0.2) is 54.6 Å². The van der Waals surface area contributed by atoms with Crippen molar-refractivity contribution in [1.82, 2.24) is 4.90 Å². The molecule has 2 aromatic rings. The molecule has 0 aromatic heterocycles. The lowest BCUT2D eigenvalue weighted by Crippen LogP contribution is -2.38. The van der Waals surface area contributed by atoms with E-state index >= 15 is 0 Å². The highest BCUT2D eigenvalue weighted by atomic mass is 16.5. The molecule has 4 nitrogen and oxygen atoms in total. The molecule has 0 bridgehead atoms. The van der Waals surface area contributed by atoms with Gasteiger partial charge >= 0.3 is 0 Å². The van der Waals surface area contributed by atoms with E-state index in [1.165, 1.54) is 12.8 Å². The number of ketones is 1. The lowest BCUT2D eigenvalue weighted by atomic mass is 10.0. The minimum Gasteiger partial charge on any atom is -0.484 e. The van der Waals surface area contributed by atoms with Gasteiger partial charge in [0.15, 0.2) is 12.4 Å². The highest BCUT2D eigenvalue weighted by molar-refractivity contribution is 6.08. The summed E-state index contributed by atoms with van der Waals surface area (Å²) in [7, 11) is 1.85. The van der Waals surface area contributed by atoms with Gasteiger partial charge in [-0.15, -0.1) is 0 Å². The maximum atomic E-state index is 12.4. The SMILES string of the molecule is CN(C(=O)COc1ccc(C(=O)c2ccccc2)cc1)C1CCCC1. The third-order valence-electron chi connectivity index (χ3n) is 4.78. The summed E-state index contributed by atoms with van der Waals surface area (Å²) in [6.45, 7) is 0.0268. The molecule has 1 aliphatic carbocycles. The van der Waals surface area contributed by atoms with Gasteiger partial charge in [0.25, 0.3) is 5.91 Å². The van der Waals surface area contributed by atoms with Crippen molar-refractivity contribution in [2.75, 3.05) is 13.7 Å². The molecule has 2 aromatic carbocycles. The molecule has 4 heteroatoms. The van der Waals surface area contributed by atoms with Crippen molar-refractivity contribution in [3.63, 3.8) is 0 Å². The second-order valence-corrected chi connectivity index (χ2v) is 6.45. The van der Waals surface area contributed by atoms with E-state index in [1.807, 2.05) is 25.2 Å². The first-order chi connectivity index (χ1) is 12.1. The van der Waals surface area contributed by atoms with Crippen LogP contribution in [-0.4, -0.2) is 36.3 Å². The second kappa shape index (κ2) is 7.97. The van der Waals surface area contributed by atoms with Crippen LogP contribution < -0.4 is 4.74 Å². The van der Waals surface area contributed by atoms with Crippen LogP contribution >= 0.6 is 0 Å². The van der Waals surface area contributed by atoms with Crippen molar-refractivity contribution in [3.05, 3.63) is 65.7 Å². The summed E-state index contributed by atoms with van der Waals surface area (Å²) in [5.74, 6) is 0.568. The third kappa shape index (κ3) is 4.27. The number of hydrogen-bond acceptors (Lipinski definition) is 3. The molecule has 0 spiro atoms. The van der Waals surface area contributed by atoms with Crippen molar-refractivity contribution in [2.24, 2.45) is 0 Å². The van der Waals surface area contributed by atoms with E-state index in [4.69, 9.17) is 4.74 Å². The Labute approximate surface area is 148 Å². The maximum Gasteiger partial charge on any atom is 0.260 e. The normalized spacial score (nSPS) is 14.3. The fraction of sp³-hybridized carbons (Fsp3) is 0.333. The molecule has 0 saturated heterocycles. The lowest BCUT2D eigenvalue weighted by Gasteiger charge is -2.24. The molecule has 130 valence electrons. The zero-order valence-electron chi connectivity index (χ0n) is 14.5. The third-order valence-corrected chi connectivity index (χ3v) is 4.78. The average molecular weight is 337 g/mol. The number of benzene rings is 2. The fourth-order valence-corrected chi connectivity index (χ4v) is 3.20. The molecule has 25 heavy (non-hydrogen) atoms. The molecule has 1 amide bonds. The summed E-state index contributed by atoms with van der Waals surface area (Å²) in [5.41, 5.74) is 1.26. The molecular weight excluding hydrogens is 314 g/mol. The number of ether oxygens (including phenoxy) is 1. The molecule has 0 unspecified atom stereocenters. The van der Waals surface area contributed by atoms with Gasteiger partial charge in [0, 0.05) is 24.2 Å². The van der Waals surface area contributed by atoms with Gasteiger partial charge in [-0.3, -0.25) is 9.59 Å². The molecule has 0 heterocycles. The summed E-state index contributed by atoms with van der Waals surface area (Å²) in [4.78, 5) is 26.4. The van der Waals surface area contributed by atoms with Gasteiger partial charge in [-0.1, -0.05) is 43.2 Å². The van der Waals surface area contributed by atoms with Crippen molar-refractivity contribution < 1.29 is 14.3 Å². The average Bonchev–Trinajstić information content (AvgIpc) is 3.21. The Morgan fingerprint density at radius 1 is 0.960 bits per heavy atom. The predicted octanol–water partition coefficient (Wildman–Crippen LogP) is 3.70. The van der Waals surface area contributed by atoms with E-state index in [0.29, 0.717) is 22.9 Å². The van der Waals surface area contributed by atoms with Crippen LogP contribution in [0.3, 0.4) is 0 Å². The van der Waals surface area contributed by atoms with E-state index in [0.717, 1.165) is 12.8 Å². The highest BCUT2D eigenvalue weighted by Gasteiger charge is 2.23. The molecule has 1 aliphatic rings. The van der Waals surface area contributed by atoms with Crippen molar-refractivity contribution >= 4 is 11.7 Å². The number of rotatable bonds is 6. The number of carbonyl (C=O) groups excluding carboxylic acids is 2. The van der Waals surface area contributed by atoms with Gasteiger partial charge in [-0.05, 0) is 37.1 Å². The molecule has 0 N–H and O–H groups in total. The van der Waals surface area contributed by atoms with E-state index in [2.05, 4.69) is 0 Å². The van der Waals surface area contributed by atoms with Crippen LogP contribution in [0.5, 0.6) is 5.75 Å². The Bertz CT molecular complexity index is 719. The van der Waals surface area contributed by atoms with Crippen molar-refractivity contribution in [2.45, 2.75) is 31.7 Å². The minimum absolute atomic E-state index is 0.00339. The van der Waals surface area contributed by atoms with Gasteiger partial charge in [0.05, 0.1) is 0 Å². The predicted molar refractivity (Wildman–Crippen MR) is 96.8 cm³/mol. The fourth-order valence-electron chi connectivity index (χ4n) is 3.20. The quantitative estimate of drug-likeness (QED) is 0.755. The summed E-state index contributed by atoms with van der Waals surface area (Å²) >= 11 is 0. The minimum atomic E-state index is -0.0239. The first-order valence-electron chi connectivity index (χ1n) is 8.73. The Morgan fingerprint density at radius 2 is 1.56 bits per heavy atom. The van der Waals surface area contributed by atoms with Crippen LogP contribution in [-0.2, 0) is 4.79 Å². The van der Waals surface area contributed by atoms with Crippen LogP contribution in [0.4, 0.5) is 0 Å². The highest BCUT2D eigenvalue weighted by Crippen LogP contribution is 2.22.